The number of aromatic nitrogens is 4. The molecule has 0 bridgehead atoms. The average Bonchev–Trinajstić information content (AvgIpc) is 3.35. The molecule has 32 heavy (non-hydrogen) atoms. The number of nitrogen functional groups attached to an aromatic ring is 1. The van der Waals surface area contributed by atoms with Crippen LogP contribution in [0, 0.1) is 0 Å². The van der Waals surface area contributed by atoms with E-state index < -0.39 is 33.1 Å². The van der Waals surface area contributed by atoms with E-state index in [1.54, 1.807) is 6.07 Å². The number of fused-ring (bicyclic) bond motifs is 1. The van der Waals surface area contributed by atoms with Crippen molar-refractivity contribution in [3.8, 4) is 0 Å². The van der Waals surface area contributed by atoms with Crippen LogP contribution in [-0.4, -0.2) is 61.3 Å². The number of ether oxygens (including phenoxy) is 1. The van der Waals surface area contributed by atoms with Crippen molar-refractivity contribution in [2.75, 3.05) is 18.9 Å². The number of hydrogen-bond donors (Lipinski definition) is 3. The summed E-state index contributed by atoms with van der Waals surface area (Å²) in [6.07, 6.45) is -0.950. The van der Waals surface area contributed by atoms with E-state index in [0.717, 1.165) is 5.56 Å². The largest absolute Gasteiger partial charge is 0.387 e. The van der Waals surface area contributed by atoms with Gasteiger partial charge in [0, 0.05) is 11.4 Å². The molecule has 2 aliphatic rings. The van der Waals surface area contributed by atoms with Crippen LogP contribution < -0.4 is 5.73 Å². The summed E-state index contributed by atoms with van der Waals surface area (Å²) in [5, 5.41) is 21.7. The highest BCUT2D eigenvalue weighted by Gasteiger charge is 2.45. The van der Waals surface area contributed by atoms with Crippen molar-refractivity contribution < 1.29 is 28.5 Å². The van der Waals surface area contributed by atoms with Gasteiger partial charge in [-0.15, -0.1) is 0 Å². The third-order valence-electron chi connectivity index (χ3n) is 5.35. The number of nitrogens with zero attached hydrogens (tertiary/aromatic N) is 4. The van der Waals surface area contributed by atoms with E-state index in [1.807, 2.05) is 18.2 Å². The first-order valence-electron chi connectivity index (χ1n) is 9.94. The van der Waals surface area contributed by atoms with E-state index >= 15 is 0 Å². The molecule has 2 aromatic heterocycles. The highest BCUT2D eigenvalue weighted by Crippen LogP contribution is 2.50. The molecule has 0 amide bonds. The minimum atomic E-state index is -1.66. The maximum absolute atomic E-state index is 10.6. The number of halogens is 1. The van der Waals surface area contributed by atoms with Crippen LogP contribution in [0.3, 0.4) is 0 Å². The molecule has 5 rings (SSSR count). The lowest BCUT2D eigenvalue weighted by atomic mass is 10.1. The van der Waals surface area contributed by atoms with Crippen LogP contribution in [0.15, 0.2) is 36.9 Å². The standard InChI is InChI=1S/C19H21ClN5O6P/c20-11-3-1-2-10(6-11)12-4-5-28-32(31-12)29-7-13-15(26)16(27)19(30-13)25-9-24-14-17(21)22-8-23-18(14)25/h1-3,6,8-9,12-13,15-16,19,26-27H,4-5,7H2,(H2,21,22,23)/t12-,13+,15+,16+,19+,32+/m0/s1. The third-order valence-corrected chi connectivity index (χ3v) is 6.77. The van der Waals surface area contributed by atoms with Gasteiger partial charge in [-0.25, -0.2) is 15.0 Å². The number of benzene rings is 1. The Morgan fingerprint density at radius 2 is 2.12 bits per heavy atom. The fraction of sp³-hybridized carbons (Fsp3) is 0.421. The number of hydrogen-bond acceptors (Lipinski definition) is 10. The van der Waals surface area contributed by atoms with Crippen molar-refractivity contribution in [3.05, 3.63) is 47.5 Å². The van der Waals surface area contributed by atoms with E-state index in [9.17, 15) is 10.2 Å². The molecule has 170 valence electrons. The van der Waals surface area contributed by atoms with Gasteiger partial charge in [0.05, 0.1) is 25.6 Å². The monoisotopic (exact) mass is 481 g/mol. The van der Waals surface area contributed by atoms with Crippen LogP contribution in [0.5, 0.6) is 0 Å². The zero-order valence-corrected chi connectivity index (χ0v) is 18.3. The van der Waals surface area contributed by atoms with E-state index in [1.165, 1.54) is 17.2 Å². The maximum Gasteiger partial charge on any atom is 0.333 e. The van der Waals surface area contributed by atoms with Gasteiger partial charge in [0.25, 0.3) is 0 Å². The molecular weight excluding hydrogens is 461 g/mol. The summed E-state index contributed by atoms with van der Waals surface area (Å²) >= 11 is 6.08. The Labute approximate surface area is 189 Å². The highest BCUT2D eigenvalue weighted by molar-refractivity contribution is 7.41. The fourth-order valence-corrected chi connectivity index (χ4v) is 5.06. The number of imidazole rings is 1. The van der Waals surface area contributed by atoms with Crippen LogP contribution in [-0.2, 0) is 18.3 Å². The van der Waals surface area contributed by atoms with Crippen molar-refractivity contribution in [1.29, 1.82) is 0 Å². The second-order valence-corrected chi connectivity index (χ2v) is 9.03. The van der Waals surface area contributed by atoms with Gasteiger partial charge in [0.2, 0.25) is 0 Å². The number of anilines is 1. The summed E-state index contributed by atoms with van der Waals surface area (Å²) in [6, 6.07) is 7.45. The lowest BCUT2D eigenvalue weighted by Gasteiger charge is -2.29. The van der Waals surface area contributed by atoms with Gasteiger partial charge in [0.1, 0.15) is 30.2 Å². The van der Waals surface area contributed by atoms with Crippen molar-refractivity contribution in [1.82, 2.24) is 19.5 Å². The van der Waals surface area contributed by atoms with Crippen molar-refractivity contribution in [2.24, 2.45) is 0 Å². The predicted octanol–water partition coefficient (Wildman–Crippen LogP) is 2.10. The number of rotatable bonds is 5. The Kier molecular flexibility index (Phi) is 6.24. The van der Waals surface area contributed by atoms with Gasteiger partial charge in [0.15, 0.2) is 17.7 Å². The molecule has 0 saturated carbocycles. The van der Waals surface area contributed by atoms with Crippen molar-refractivity contribution in [2.45, 2.75) is 37.1 Å². The van der Waals surface area contributed by atoms with Crippen molar-refractivity contribution in [3.63, 3.8) is 0 Å². The molecule has 2 fully saturated rings. The molecule has 0 radical (unpaired) electrons. The van der Waals surface area contributed by atoms with Crippen LogP contribution in [0.2, 0.25) is 5.02 Å². The first kappa shape index (κ1) is 21.9. The first-order chi connectivity index (χ1) is 15.5. The van der Waals surface area contributed by atoms with E-state index in [0.29, 0.717) is 29.2 Å². The quantitative estimate of drug-likeness (QED) is 0.463. The predicted molar refractivity (Wildman–Crippen MR) is 114 cm³/mol. The lowest BCUT2D eigenvalue weighted by Crippen LogP contribution is -2.33. The number of aliphatic hydroxyl groups excluding tert-OH is 2. The molecule has 3 aromatic rings. The van der Waals surface area contributed by atoms with Gasteiger partial charge >= 0.3 is 8.60 Å². The summed E-state index contributed by atoms with van der Waals surface area (Å²) < 4.78 is 24.7. The van der Waals surface area contributed by atoms with Crippen LogP contribution in [0.1, 0.15) is 24.3 Å². The van der Waals surface area contributed by atoms with Crippen molar-refractivity contribution >= 4 is 37.2 Å². The molecule has 0 spiro atoms. The second-order valence-electron chi connectivity index (χ2n) is 7.42. The molecule has 2 aliphatic heterocycles. The molecule has 13 heteroatoms. The summed E-state index contributed by atoms with van der Waals surface area (Å²) in [5.41, 5.74) is 7.54. The summed E-state index contributed by atoms with van der Waals surface area (Å²) in [7, 11) is -1.66. The summed E-state index contributed by atoms with van der Waals surface area (Å²) in [4.78, 5) is 12.2. The van der Waals surface area contributed by atoms with E-state index in [2.05, 4.69) is 15.0 Å². The summed E-state index contributed by atoms with van der Waals surface area (Å²) in [5.74, 6) is 0.213. The second kappa shape index (κ2) is 9.12. The Bertz CT molecular complexity index is 1110. The normalized spacial score (nSPS) is 30.7. The molecule has 0 unspecified atom stereocenters. The molecule has 11 nitrogen and oxygen atoms in total. The molecule has 2 saturated heterocycles. The lowest BCUT2D eigenvalue weighted by molar-refractivity contribution is -0.0529. The van der Waals surface area contributed by atoms with Gasteiger partial charge in [-0.05, 0) is 17.7 Å². The fourth-order valence-electron chi connectivity index (χ4n) is 3.71. The molecule has 0 aliphatic carbocycles. The summed E-state index contributed by atoms with van der Waals surface area (Å²) in [6.45, 7) is 0.427. The van der Waals surface area contributed by atoms with Crippen LogP contribution in [0.25, 0.3) is 11.2 Å². The van der Waals surface area contributed by atoms with Crippen LogP contribution >= 0.6 is 20.2 Å². The van der Waals surface area contributed by atoms with Gasteiger partial charge in [-0.1, -0.05) is 23.7 Å². The van der Waals surface area contributed by atoms with Crippen LogP contribution in [0.4, 0.5) is 5.82 Å². The molecule has 4 N–H and O–H groups in total. The molecule has 4 heterocycles. The van der Waals surface area contributed by atoms with Gasteiger partial charge < -0.3 is 34.3 Å². The van der Waals surface area contributed by atoms with E-state index in [4.69, 9.17) is 35.6 Å². The maximum atomic E-state index is 10.6. The highest BCUT2D eigenvalue weighted by atomic mass is 35.5. The van der Waals surface area contributed by atoms with Gasteiger partial charge in [-0.3, -0.25) is 4.57 Å². The Balaban J connectivity index is 1.24. The zero-order valence-electron chi connectivity index (χ0n) is 16.7. The van der Waals surface area contributed by atoms with Gasteiger partial charge in [-0.2, -0.15) is 0 Å². The topological polar surface area (TPSA) is 147 Å². The smallest absolute Gasteiger partial charge is 0.333 e. The molecular formula is C19H21ClN5O6P. The number of aliphatic hydroxyl groups is 2. The Morgan fingerprint density at radius 1 is 1.25 bits per heavy atom. The zero-order chi connectivity index (χ0) is 22.2. The van der Waals surface area contributed by atoms with E-state index in [-0.39, 0.29) is 18.5 Å². The average molecular weight is 482 g/mol. The molecule has 6 atom stereocenters. The Morgan fingerprint density at radius 3 is 2.97 bits per heavy atom. The number of nitrogens with two attached hydrogens (primary N) is 1. The third kappa shape index (κ3) is 4.18. The SMILES string of the molecule is Nc1ncnc2c1ncn2[C@@H]1O[C@H](CO[P@@]2OCC[C@@H](c3cccc(Cl)c3)O2)[C@@H](O)[C@H]1O. The Hall–Kier alpha value is -1.95. The minimum Gasteiger partial charge on any atom is -0.387 e. The molecule has 1 aromatic carbocycles. The first-order valence-corrected chi connectivity index (χ1v) is 11.4. The minimum absolute atomic E-state index is 0.0353.